The van der Waals surface area contributed by atoms with Crippen LogP contribution >= 0.6 is 0 Å². The number of esters is 1. The summed E-state index contributed by atoms with van der Waals surface area (Å²) in [5, 5.41) is 0. The fourth-order valence-electron chi connectivity index (χ4n) is 7.00. The van der Waals surface area contributed by atoms with E-state index in [4.69, 9.17) is 4.74 Å². The average Bonchev–Trinajstić information content (AvgIpc) is 2.99. The first kappa shape index (κ1) is 20.9. The lowest BCUT2D eigenvalue weighted by Gasteiger charge is -2.48. The first-order valence-corrected chi connectivity index (χ1v) is 12.1. The van der Waals surface area contributed by atoms with Gasteiger partial charge in [0.15, 0.2) is 5.78 Å². The third kappa shape index (κ3) is 3.75. The molecule has 4 aliphatic carbocycles. The third-order valence-electron chi connectivity index (χ3n) is 8.57. The first-order valence-electron chi connectivity index (χ1n) is 12.1. The predicted molar refractivity (Wildman–Crippen MR) is 115 cm³/mol. The average molecular weight is 399 g/mol. The van der Waals surface area contributed by atoms with Gasteiger partial charge in [0.2, 0.25) is 0 Å². The van der Waals surface area contributed by atoms with E-state index in [2.05, 4.69) is 20.8 Å². The molecule has 0 aromatic carbocycles. The standard InChI is InChI=1S/C26H38O3/c1-4-6-7-8-24(28)29-25-17(5-2)16-23-22-11-9-18-15-19(27)10-12-20(18)21(22)13-14-26(23,25)3/h15,17,22-23,25H,4-14,16H2,1-3H3/t17-,22+,23-,25-,26-/m0/s1. The minimum atomic E-state index is 0.0209. The van der Waals surface area contributed by atoms with Gasteiger partial charge in [0.1, 0.15) is 6.10 Å². The molecule has 0 saturated heterocycles. The van der Waals surface area contributed by atoms with Crippen LogP contribution in [0.25, 0.3) is 0 Å². The fourth-order valence-corrected chi connectivity index (χ4v) is 7.00. The number of rotatable bonds is 6. The van der Waals surface area contributed by atoms with E-state index in [0.717, 1.165) is 51.4 Å². The van der Waals surface area contributed by atoms with Crippen molar-refractivity contribution in [2.45, 2.75) is 104 Å². The number of carbonyl (C=O) groups is 2. The molecule has 0 heterocycles. The molecule has 0 N–H and O–H groups in total. The Labute approximate surface area is 176 Å². The van der Waals surface area contributed by atoms with E-state index in [1.807, 2.05) is 6.08 Å². The number of allylic oxidation sites excluding steroid dienone is 4. The van der Waals surface area contributed by atoms with E-state index >= 15 is 0 Å². The van der Waals surface area contributed by atoms with Crippen molar-refractivity contribution >= 4 is 11.8 Å². The summed E-state index contributed by atoms with van der Waals surface area (Å²) >= 11 is 0. The molecule has 3 heteroatoms. The number of carbonyl (C=O) groups excluding carboxylic acids is 2. The highest BCUT2D eigenvalue weighted by Crippen LogP contribution is 2.62. The third-order valence-corrected chi connectivity index (χ3v) is 8.57. The number of ketones is 1. The zero-order chi connectivity index (χ0) is 20.6. The fraction of sp³-hybridized carbons (Fsp3) is 0.769. The Morgan fingerprint density at radius 2 is 2.00 bits per heavy atom. The molecule has 0 bridgehead atoms. The van der Waals surface area contributed by atoms with E-state index in [1.54, 1.807) is 5.57 Å². The molecule has 4 aliphatic rings. The van der Waals surface area contributed by atoms with Crippen molar-refractivity contribution in [3.05, 3.63) is 22.8 Å². The molecule has 0 unspecified atom stereocenters. The summed E-state index contributed by atoms with van der Waals surface area (Å²) < 4.78 is 6.22. The largest absolute Gasteiger partial charge is 0.461 e. The topological polar surface area (TPSA) is 43.4 Å². The number of unbranched alkanes of at least 4 members (excludes halogenated alkanes) is 2. The van der Waals surface area contributed by atoms with Crippen LogP contribution in [0.1, 0.15) is 97.8 Å². The lowest BCUT2D eigenvalue weighted by molar-refractivity contribution is -0.159. The Balaban J connectivity index is 1.56. The number of hydrogen-bond donors (Lipinski definition) is 0. The van der Waals surface area contributed by atoms with Crippen molar-refractivity contribution in [2.75, 3.05) is 0 Å². The van der Waals surface area contributed by atoms with Crippen LogP contribution in [-0.4, -0.2) is 17.9 Å². The van der Waals surface area contributed by atoms with E-state index < -0.39 is 0 Å². The quantitative estimate of drug-likeness (QED) is 0.388. The Hall–Kier alpha value is -1.38. The van der Waals surface area contributed by atoms with Gasteiger partial charge in [-0.3, -0.25) is 9.59 Å². The van der Waals surface area contributed by atoms with Crippen LogP contribution < -0.4 is 0 Å². The lowest BCUT2D eigenvalue weighted by Crippen LogP contribution is -2.44. The number of ether oxygens (including phenoxy) is 1. The Bertz CT molecular complexity index is 730. The van der Waals surface area contributed by atoms with Gasteiger partial charge >= 0.3 is 5.97 Å². The Morgan fingerprint density at radius 1 is 1.17 bits per heavy atom. The molecule has 2 fully saturated rings. The van der Waals surface area contributed by atoms with Crippen LogP contribution in [0.4, 0.5) is 0 Å². The highest BCUT2D eigenvalue weighted by atomic mass is 16.5. The van der Waals surface area contributed by atoms with Gasteiger partial charge < -0.3 is 4.74 Å². The van der Waals surface area contributed by atoms with Crippen LogP contribution in [0.5, 0.6) is 0 Å². The summed E-state index contributed by atoms with van der Waals surface area (Å²) in [4.78, 5) is 24.5. The summed E-state index contributed by atoms with van der Waals surface area (Å²) in [7, 11) is 0. The van der Waals surface area contributed by atoms with Gasteiger partial charge in [-0.1, -0.05) is 39.2 Å². The molecule has 29 heavy (non-hydrogen) atoms. The van der Waals surface area contributed by atoms with Crippen LogP contribution in [0.3, 0.4) is 0 Å². The summed E-state index contributed by atoms with van der Waals surface area (Å²) in [6.07, 6.45) is 14.2. The lowest BCUT2D eigenvalue weighted by atomic mass is 9.57. The maximum absolute atomic E-state index is 12.6. The SMILES string of the molecule is CCCCCC(=O)O[C@H]1[C@@H](CC)C[C@H]2[C@@H]3CCC4=CC(=O)CCC4=C3CC[C@@]21C. The monoisotopic (exact) mass is 398 g/mol. The highest BCUT2D eigenvalue weighted by molar-refractivity contribution is 5.93. The van der Waals surface area contributed by atoms with Crippen molar-refractivity contribution < 1.29 is 14.3 Å². The van der Waals surface area contributed by atoms with E-state index in [9.17, 15) is 9.59 Å². The van der Waals surface area contributed by atoms with Crippen LogP contribution in [0.15, 0.2) is 22.8 Å². The van der Waals surface area contributed by atoms with E-state index in [0.29, 0.717) is 36.4 Å². The second kappa shape index (κ2) is 8.40. The normalized spacial score (nSPS) is 36.2. The molecule has 0 radical (unpaired) electrons. The van der Waals surface area contributed by atoms with Crippen molar-refractivity contribution in [3.63, 3.8) is 0 Å². The Morgan fingerprint density at radius 3 is 2.76 bits per heavy atom. The molecule has 0 aliphatic heterocycles. The summed E-state index contributed by atoms with van der Waals surface area (Å²) in [6.45, 7) is 6.84. The van der Waals surface area contributed by atoms with Gasteiger partial charge in [0, 0.05) is 18.3 Å². The van der Waals surface area contributed by atoms with Crippen LogP contribution in [0, 0.1) is 23.2 Å². The van der Waals surface area contributed by atoms with Gasteiger partial charge in [-0.15, -0.1) is 0 Å². The summed E-state index contributed by atoms with van der Waals surface area (Å²) in [6, 6.07) is 0. The van der Waals surface area contributed by atoms with Crippen molar-refractivity contribution in [1.29, 1.82) is 0 Å². The minimum absolute atomic E-state index is 0.0209. The molecule has 0 aromatic heterocycles. The first-order chi connectivity index (χ1) is 14.0. The van der Waals surface area contributed by atoms with Crippen molar-refractivity contribution in [2.24, 2.45) is 23.2 Å². The minimum Gasteiger partial charge on any atom is -0.461 e. The molecule has 3 nitrogen and oxygen atoms in total. The van der Waals surface area contributed by atoms with Crippen molar-refractivity contribution in [3.8, 4) is 0 Å². The molecular weight excluding hydrogens is 360 g/mol. The smallest absolute Gasteiger partial charge is 0.306 e. The van der Waals surface area contributed by atoms with Gasteiger partial charge in [-0.2, -0.15) is 0 Å². The predicted octanol–water partition coefficient (Wildman–Crippen LogP) is 6.32. The maximum atomic E-state index is 12.6. The number of hydrogen-bond acceptors (Lipinski definition) is 3. The second-order valence-corrected chi connectivity index (χ2v) is 10.2. The zero-order valence-corrected chi connectivity index (χ0v) is 18.6. The molecule has 0 amide bonds. The molecule has 0 spiro atoms. The molecule has 160 valence electrons. The van der Waals surface area contributed by atoms with E-state index in [-0.39, 0.29) is 17.5 Å². The maximum Gasteiger partial charge on any atom is 0.306 e. The highest BCUT2D eigenvalue weighted by Gasteiger charge is 2.58. The van der Waals surface area contributed by atoms with Crippen molar-refractivity contribution in [1.82, 2.24) is 0 Å². The molecular formula is C26H38O3. The molecule has 0 aromatic rings. The molecule has 5 atom stereocenters. The van der Waals surface area contributed by atoms with Gasteiger partial charge in [0.05, 0.1) is 0 Å². The van der Waals surface area contributed by atoms with Crippen LogP contribution in [0.2, 0.25) is 0 Å². The van der Waals surface area contributed by atoms with Gasteiger partial charge in [0.25, 0.3) is 0 Å². The van der Waals surface area contributed by atoms with Gasteiger partial charge in [-0.05, 0) is 86.3 Å². The van der Waals surface area contributed by atoms with Gasteiger partial charge in [-0.25, -0.2) is 0 Å². The summed E-state index contributed by atoms with van der Waals surface area (Å²) in [5.41, 5.74) is 4.62. The zero-order valence-electron chi connectivity index (χ0n) is 18.6. The number of fused-ring (bicyclic) bond motifs is 4. The second-order valence-electron chi connectivity index (χ2n) is 10.2. The van der Waals surface area contributed by atoms with E-state index in [1.165, 1.54) is 24.0 Å². The Kier molecular flexibility index (Phi) is 6.04. The summed E-state index contributed by atoms with van der Waals surface area (Å²) in [5.74, 6) is 2.08. The van der Waals surface area contributed by atoms with Crippen LogP contribution in [-0.2, 0) is 14.3 Å². The molecule has 2 saturated carbocycles. The molecule has 4 rings (SSSR count).